The van der Waals surface area contributed by atoms with Gasteiger partial charge in [0.1, 0.15) is 12.1 Å². The van der Waals surface area contributed by atoms with Gasteiger partial charge in [-0.15, -0.1) is 0 Å². The maximum Gasteiger partial charge on any atom is 0.139 e. The molecule has 1 atom stereocenters. The lowest BCUT2D eigenvalue weighted by molar-refractivity contribution is -0.119. The summed E-state index contributed by atoms with van der Waals surface area (Å²) in [5.74, 6) is 0.358. The number of carbonyl (C=O) groups excluding carboxylic acids is 1. The Bertz CT molecular complexity index is 361. The minimum Gasteiger partial charge on any atom is -0.299 e. The summed E-state index contributed by atoms with van der Waals surface area (Å²) in [7, 11) is 0. The molecule has 0 saturated heterocycles. The first-order valence-corrected chi connectivity index (χ1v) is 5.87. The molecule has 0 fully saturated rings. The summed E-state index contributed by atoms with van der Waals surface area (Å²) in [5, 5.41) is 0. The molecule has 0 amide bonds. The molecule has 0 saturated carbocycles. The summed E-state index contributed by atoms with van der Waals surface area (Å²) in [6, 6.07) is 1.97. The van der Waals surface area contributed by atoms with E-state index in [1.54, 1.807) is 13.3 Å². The number of hydrogen-bond acceptors (Lipinski definition) is 3. The number of Topliss-reactive ketones (excluding diaryl/α,β-unsaturated/α-hetero) is 1. The Hall–Kier alpha value is -1.25. The molecular formula is C13H20N2O. The quantitative estimate of drug-likeness (QED) is 0.766. The van der Waals surface area contributed by atoms with Crippen molar-refractivity contribution in [2.45, 2.75) is 46.5 Å². The van der Waals surface area contributed by atoms with E-state index in [1.165, 1.54) is 0 Å². The van der Waals surface area contributed by atoms with Gasteiger partial charge in [0.25, 0.3) is 0 Å². The Morgan fingerprint density at radius 2 is 2.06 bits per heavy atom. The average molecular weight is 220 g/mol. The van der Waals surface area contributed by atoms with Crippen LogP contribution in [0.4, 0.5) is 0 Å². The molecule has 3 nitrogen and oxygen atoms in total. The van der Waals surface area contributed by atoms with Crippen LogP contribution in [0.3, 0.4) is 0 Å². The standard InChI is InChI=1S/C13H20N2O/c1-5-6-11-7-12(15-8-14-11)13(9(2)3)10(4)16/h7-9,13H,5-6H2,1-4H3. The van der Waals surface area contributed by atoms with Crippen molar-refractivity contribution in [3.63, 3.8) is 0 Å². The van der Waals surface area contributed by atoms with Crippen LogP contribution in [0.5, 0.6) is 0 Å². The van der Waals surface area contributed by atoms with E-state index in [4.69, 9.17) is 0 Å². The smallest absolute Gasteiger partial charge is 0.139 e. The van der Waals surface area contributed by atoms with Gasteiger partial charge in [-0.2, -0.15) is 0 Å². The molecule has 1 rings (SSSR count). The molecule has 0 aliphatic heterocycles. The topological polar surface area (TPSA) is 42.9 Å². The first kappa shape index (κ1) is 12.8. The minimum absolute atomic E-state index is 0.0985. The molecule has 88 valence electrons. The molecule has 0 aliphatic rings. The first-order valence-electron chi connectivity index (χ1n) is 5.87. The number of ketones is 1. The van der Waals surface area contributed by atoms with Crippen LogP contribution < -0.4 is 0 Å². The predicted molar refractivity (Wildman–Crippen MR) is 64.3 cm³/mol. The lowest BCUT2D eigenvalue weighted by Gasteiger charge is -2.17. The normalized spacial score (nSPS) is 12.8. The number of aryl methyl sites for hydroxylation is 1. The van der Waals surface area contributed by atoms with Crippen molar-refractivity contribution in [2.24, 2.45) is 5.92 Å². The SMILES string of the molecule is CCCc1cc(C(C(C)=O)C(C)C)ncn1. The molecule has 0 spiro atoms. The van der Waals surface area contributed by atoms with Gasteiger partial charge in [0.05, 0.1) is 11.6 Å². The van der Waals surface area contributed by atoms with Crippen molar-refractivity contribution in [1.82, 2.24) is 9.97 Å². The Kier molecular flexibility index (Phi) is 4.59. The van der Waals surface area contributed by atoms with E-state index in [9.17, 15) is 4.79 Å². The summed E-state index contributed by atoms with van der Waals surface area (Å²) in [5.41, 5.74) is 1.89. The molecule has 1 heterocycles. The van der Waals surface area contributed by atoms with Crippen LogP contribution in [0.1, 0.15) is 51.4 Å². The van der Waals surface area contributed by atoms with Gasteiger partial charge in [-0.3, -0.25) is 4.79 Å². The summed E-state index contributed by atoms with van der Waals surface area (Å²) in [6.45, 7) is 7.85. The zero-order chi connectivity index (χ0) is 12.1. The second-order valence-electron chi connectivity index (χ2n) is 4.52. The zero-order valence-corrected chi connectivity index (χ0v) is 10.5. The second kappa shape index (κ2) is 5.73. The van der Waals surface area contributed by atoms with Crippen molar-refractivity contribution >= 4 is 5.78 Å². The molecule has 0 radical (unpaired) electrons. The molecule has 1 unspecified atom stereocenters. The summed E-state index contributed by atoms with van der Waals surface area (Å²) in [6.07, 6.45) is 3.57. The fourth-order valence-electron chi connectivity index (χ4n) is 2.00. The van der Waals surface area contributed by atoms with E-state index in [0.717, 1.165) is 24.2 Å². The fraction of sp³-hybridized carbons (Fsp3) is 0.615. The number of aromatic nitrogens is 2. The highest BCUT2D eigenvalue weighted by molar-refractivity contribution is 5.83. The van der Waals surface area contributed by atoms with Crippen molar-refractivity contribution in [1.29, 1.82) is 0 Å². The molecule has 1 aromatic heterocycles. The average Bonchev–Trinajstić information content (AvgIpc) is 2.17. The van der Waals surface area contributed by atoms with Gasteiger partial charge in [-0.1, -0.05) is 27.2 Å². The van der Waals surface area contributed by atoms with Crippen LogP contribution in [0.15, 0.2) is 12.4 Å². The van der Waals surface area contributed by atoms with Crippen LogP contribution in [0.2, 0.25) is 0 Å². The fourth-order valence-corrected chi connectivity index (χ4v) is 2.00. The van der Waals surface area contributed by atoms with Crippen LogP contribution in [-0.4, -0.2) is 15.8 Å². The van der Waals surface area contributed by atoms with Crippen molar-refractivity contribution in [2.75, 3.05) is 0 Å². The molecule has 0 aliphatic carbocycles. The molecule has 16 heavy (non-hydrogen) atoms. The van der Waals surface area contributed by atoms with E-state index in [2.05, 4.69) is 16.9 Å². The lowest BCUT2D eigenvalue weighted by Crippen LogP contribution is -2.17. The van der Waals surface area contributed by atoms with Gasteiger partial charge in [-0.25, -0.2) is 9.97 Å². The number of nitrogens with zero attached hydrogens (tertiary/aromatic N) is 2. The van der Waals surface area contributed by atoms with Crippen molar-refractivity contribution < 1.29 is 4.79 Å². The zero-order valence-electron chi connectivity index (χ0n) is 10.5. The monoisotopic (exact) mass is 220 g/mol. The van der Waals surface area contributed by atoms with Gasteiger partial charge in [0.2, 0.25) is 0 Å². The van der Waals surface area contributed by atoms with E-state index < -0.39 is 0 Å². The third kappa shape index (κ3) is 3.12. The van der Waals surface area contributed by atoms with Gasteiger partial charge in [0.15, 0.2) is 0 Å². The number of carbonyl (C=O) groups is 1. The largest absolute Gasteiger partial charge is 0.299 e. The summed E-state index contributed by atoms with van der Waals surface area (Å²) in [4.78, 5) is 20.0. The van der Waals surface area contributed by atoms with Gasteiger partial charge < -0.3 is 0 Å². The Morgan fingerprint density at radius 3 is 2.56 bits per heavy atom. The Morgan fingerprint density at radius 1 is 1.38 bits per heavy atom. The summed E-state index contributed by atoms with van der Waals surface area (Å²) >= 11 is 0. The van der Waals surface area contributed by atoms with Gasteiger partial charge in [0, 0.05) is 5.69 Å². The predicted octanol–water partition coefficient (Wildman–Crippen LogP) is 2.76. The van der Waals surface area contributed by atoms with Crippen molar-refractivity contribution in [3.05, 3.63) is 23.8 Å². The van der Waals surface area contributed by atoms with Gasteiger partial charge in [-0.05, 0) is 25.3 Å². The third-order valence-electron chi connectivity index (χ3n) is 2.67. The molecule has 0 aromatic carbocycles. The maximum absolute atomic E-state index is 11.6. The highest BCUT2D eigenvalue weighted by Crippen LogP contribution is 2.23. The molecule has 0 bridgehead atoms. The minimum atomic E-state index is -0.0985. The van der Waals surface area contributed by atoms with Crippen LogP contribution >= 0.6 is 0 Å². The highest BCUT2D eigenvalue weighted by Gasteiger charge is 2.22. The van der Waals surface area contributed by atoms with E-state index in [-0.39, 0.29) is 17.6 Å². The van der Waals surface area contributed by atoms with E-state index in [1.807, 2.05) is 19.9 Å². The van der Waals surface area contributed by atoms with E-state index in [0.29, 0.717) is 0 Å². The highest BCUT2D eigenvalue weighted by atomic mass is 16.1. The van der Waals surface area contributed by atoms with E-state index >= 15 is 0 Å². The Balaban J connectivity index is 3.00. The third-order valence-corrected chi connectivity index (χ3v) is 2.67. The van der Waals surface area contributed by atoms with Crippen LogP contribution in [-0.2, 0) is 11.2 Å². The summed E-state index contributed by atoms with van der Waals surface area (Å²) < 4.78 is 0. The Labute approximate surface area is 97.3 Å². The lowest BCUT2D eigenvalue weighted by atomic mass is 9.88. The second-order valence-corrected chi connectivity index (χ2v) is 4.52. The molecular weight excluding hydrogens is 200 g/mol. The van der Waals surface area contributed by atoms with Crippen LogP contribution in [0, 0.1) is 5.92 Å². The van der Waals surface area contributed by atoms with Crippen LogP contribution in [0.25, 0.3) is 0 Å². The molecule has 0 N–H and O–H groups in total. The maximum atomic E-state index is 11.6. The first-order chi connectivity index (χ1) is 7.56. The molecule has 3 heteroatoms. The molecule has 1 aromatic rings. The van der Waals surface area contributed by atoms with Crippen molar-refractivity contribution in [3.8, 4) is 0 Å². The number of hydrogen-bond donors (Lipinski definition) is 0. The number of rotatable bonds is 5. The van der Waals surface area contributed by atoms with Gasteiger partial charge >= 0.3 is 0 Å².